The quantitative estimate of drug-likeness (QED) is 0.431. The highest BCUT2D eigenvalue weighted by molar-refractivity contribution is 5.69. The largest absolute Gasteiger partial charge is 0.491 e. The van der Waals surface area contributed by atoms with Gasteiger partial charge in [0.05, 0.1) is 7.11 Å². The molecule has 1 aromatic carbocycles. The third kappa shape index (κ3) is 3.38. The Morgan fingerprint density at radius 2 is 1.92 bits per heavy atom. The molecule has 4 aromatic rings. The Balaban J connectivity index is 1.41. The molecule has 0 unspecified atom stereocenters. The average molecular weight is 493 g/mol. The number of rotatable bonds is 4. The van der Waals surface area contributed by atoms with Crippen molar-refractivity contribution in [2.45, 2.75) is 45.6 Å². The first-order chi connectivity index (χ1) is 17.3. The van der Waals surface area contributed by atoms with Crippen molar-refractivity contribution < 1.29 is 13.5 Å². The van der Waals surface area contributed by atoms with Gasteiger partial charge < -0.3 is 9.64 Å². The van der Waals surface area contributed by atoms with E-state index in [1.54, 1.807) is 24.6 Å². The number of ether oxygens (including phenoxy) is 1. The van der Waals surface area contributed by atoms with Crippen molar-refractivity contribution in [3.63, 3.8) is 0 Å². The number of nitrogens with zero attached hydrogens (tertiary/aromatic N) is 6. The van der Waals surface area contributed by atoms with E-state index in [0.717, 1.165) is 47.7 Å². The zero-order chi connectivity index (χ0) is 25.3. The summed E-state index contributed by atoms with van der Waals surface area (Å²) in [6.07, 6.45) is 4.47. The van der Waals surface area contributed by atoms with Gasteiger partial charge in [0, 0.05) is 61.2 Å². The molecule has 36 heavy (non-hydrogen) atoms. The minimum absolute atomic E-state index is 0.179. The second kappa shape index (κ2) is 8.11. The predicted octanol–water partition coefficient (Wildman–Crippen LogP) is 3.83. The van der Waals surface area contributed by atoms with Crippen LogP contribution >= 0.6 is 0 Å². The Morgan fingerprint density at radius 3 is 2.64 bits per heavy atom. The van der Waals surface area contributed by atoms with Gasteiger partial charge in [-0.1, -0.05) is 0 Å². The van der Waals surface area contributed by atoms with E-state index in [9.17, 15) is 13.6 Å². The number of anilines is 1. The van der Waals surface area contributed by atoms with Crippen LogP contribution in [0.25, 0.3) is 16.9 Å². The first-order valence-electron chi connectivity index (χ1n) is 12.0. The van der Waals surface area contributed by atoms with Crippen molar-refractivity contribution in [2.24, 2.45) is 7.05 Å². The number of fused-ring (bicyclic) bond motifs is 2. The number of halogens is 2. The summed E-state index contributed by atoms with van der Waals surface area (Å²) in [5.74, 6) is -0.291. The molecule has 3 aromatic heterocycles. The van der Waals surface area contributed by atoms with Crippen molar-refractivity contribution in [3.8, 4) is 16.9 Å². The molecule has 186 valence electrons. The molecule has 0 N–H and O–H groups in total. The number of methoxy groups -OCH3 is 1. The van der Waals surface area contributed by atoms with E-state index in [4.69, 9.17) is 9.72 Å². The fourth-order valence-electron chi connectivity index (χ4n) is 5.28. The van der Waals surface area contributed by atoms with Crippen LogP contribution in [-0.4, -0.2) is 37.8 Å². The van der Waals surface area contributed by atoms with Crippen LogP contribution in [-0.2, 0) is 20.0 Å². The maximum atomic E-state index is 14.7. The predicted molar refractivity (Wildman–Crippen MR) is 131 cm³/mol. The summed E-state index contributed by atoms with van der Waals surface area (Å²) in [7, 11) is 2.89. The number of hydrogen-bond acceptors (Lipinski definition) is 6. The fraction of sp³-hybridized carbons (Fsp3) is 0.385. The van der Waals surface area contributed by atoms with E-state index in [1.807, 2.05) is 13.0 Å². The first-order valence-corrected chi connectivity index (χ1v) is 12.0. The summed E-state index contributed by atoms with van der Waals surface area (Å²) < 4.78 is 37.0. The molecule has 0 bridgehead atoms. The molecule has 10 heteroatoms. The molecular formula is C26H26F2N6O2. The Kier molecular flexibility index (Phi) is 5.10. The number of benzene rings is 1. The van der Waals surface area contributed by atoms with Crippen LogP contribution in [0.1, 0.15) is 46.8 Å². The standard InChI is InChI=1S/C26H26F2N6O2/c1-13-18(10-19(27)23(36-4)21(13)28)16-9-17-12-33(8-7-20(17)29-11-16)24-14(2)22(15-5-6-15)34-25(30-24)31-32(3)26(34)35/h9-11,15H,5-8,12H2,1-4H3. The van der Waals surface area contributed by atoms with Crippen LogP contribution in [0.2, 0.25) is 0 Å². The number of hydrogen-bond donors (Lipinski definition) is 0. The smallest absolute Gasteiger partial charge is 0.351 e. The normalized spacial score (nSPS) is 15.4. The third-order valence-corrected chi connectivity index (χ3v) is 7.31. The Hall–Kier alpha value is -3.82. The maximum Gasteiger partial charge on any atom is 0.351 e. The first kappa shape index (κ1) is 22.6. The molecule has 0 spiro atoms. The van der Waals surface area contributed by atoms with Gasteiger partial charge in [0.1, 0.15) is 5.82 Å². The lowest BCUT2D eigenvalue weighted by molar-refractivity contribution is 0.359. The zero-order valence-corrected chi connectivity index (χ0v) is 20.6. The van der Waals surface area contributed by atoms with Crippen LogP contribution in [0.3, 0.4) is 0 Å². The zero-order valence-electron chi connectivity index (χ0n) is 20.6. The van der Waals surface area contributed by atoms with Crippen LogP contribution < -0.4 is 15.3 Å². The van der Waals surface area contributed by atoms with Gasteiger partial charge in [-0.3, -0.25) is 4.98 Å². The van der Waals surface area contributed by atoms with Crippen molar-refractivity contribution in [2.75, 3.05) is 18.6 Å². The van der Waals surface area contributed by atoms with E-state index in [1.165, 1.54) is 17.9 Å². The van der Waals surface area contributed by atoms with E-state index in [-0.39, 0.29) is 11.4 Å². The summed E-state index contributed by atoms with van der Waals surface area (Å²) in [6, 6.07) is 3.24. The lowest BCUT2D eigenvalue weighted by Gasteiger charge is -2.31. The molecule has 0 saturated heterocycles. The maximum absolute atomic E-state index is 14.7. The SMILES string of the molecule is COc1c(F)cc(-c2cnc3c(c2)CN(c2nc4nn(C)c(=O)n4c(C4CC4)c2C)CC3)c(C)c1F. The van der Waals surface area contributed by atoms with Crippen molar-refractivity contribution in [3.05, 3.63) is 68.5 Å². The van der Waals surface area contributed by atoms with Gasteiger partial charge in [-0.25, -0.2) is 22.7 Å². The third-order valence-electron chi connectivity index (χ3n) is 7.31. The molecule has 0 amide bonds. The molecule has 6 rings (SSSR count). The highest BCUT2D eigenvalue weighted by Crippen LogP contribution is 2.43. The lowest BCUT2D eigenvalue weighted by Crippen LogP contribution is -2.33. The Morgan fingerprint density at radius 1 is 1.14 bits per heavy atom. The Labute approximate surface area is 206 Å². The molecule has 8 nitrogen and oxygen atoms in total. The number of aromatic nitrogens is 5. The van der Waals surface area contributed by atoms with Gasteiger partial charge in [-0.05, 0) is 55.5 Å². The van der Waals surface area contributed by atoms with Gasteiger partial charge in [0.25, 0.3) is 5.78 Å². The number of aryl methyl sites for hydroxylation is 1. The monoisotopic (exact) mass is 492 g/mol. The second-order valence-corrected chi connectivity index (χ2v) is 9.64. The van der Waals surface area contributed by atoms with Gasteiger partial charge in [-0.2, -0.15) is 4.98 Å². The summed E-state index contributed by atoms with van der Waals surface area (Å²) in [5, 5.41) is 4.35. The van der Waals surface area contributed by atoms with Gasteiger partial charge in [-0.15, -0.1) is 5.10 Å². The average Bonchev–Trinajstić information content (AvgIpc) is 3.67. The van der Waals surface area contributed by atoms with E-state index in [2.05, 4.69) is 15.0 Å². The van der Waals surface area contributed by atoms with Crippen LogP contribution in [0.15, 0.2) is 23.1 Å². The lowest BCUT2D eigenvalue weighted by atomic mass is 9.96. The molecule has 4 heterocycles. The van der Waals surface area contributed by atoms with Crippen LogP contribution in [0, 0.1) is 25.5 Å². The molecule has 1 aliphatic heterocycles. The highest BCUT2D eigenvalue weighted by Gasteiger charge is 2.33. The van der Waals surface area contributed by atoms with Crippen molar-refractivity contribution >= 4 is 11.6 Å². The van der Waals surface area contributed by atoms with Crippen molar-refractivity contribution in [1.29, 1.82) is 0 Å². The summed E-state index contributed by atoms with van der Waals surface area (Å²) in [4.78, 5) is 24.3. The molecular weight excluding hydrogens is 466 g/mol. The summed E-state index contributed by atoms with van der Waals surface area (Å²) in [5.41, 5.74) is 5.12. The molecule has 0 atom stereocenters. The molecule has 0 radical (unpaired) electrons. The van der Waals surface area contributed by atoms with E-state index in [0.29, 0.717) is 41.4 Å². The Bertz CT molecular complexity index is 1610. The number of pyridine rings is 1. The topological polar surface area (TPSA) is 77.5 Å². The van der Waals surface area contributed by atoms with Crippen molar-refractivity contribution in [1.82, 2.24) is 24.1 Å². The highest BCUT2D eigenvalue weighted by atomic mass is 19.1. The van der Waals surface area contributed by atoms with Crippen LogP contribution in [0.4, 0.5) is 14.6 Å². The molecule has 1 aliphatic carbocycles. The molecule has 1 saturated carbocycles. The van der Waals surface area contributed by atoms with E-state index >= 15 is 0 Å². The molecule has 2 aliphatic rings. The molecule has 1 fully saturated rings. The van der Waals surface area contributed by atoms with Gasteiger partial charge in [0.15, 0.2) is 17.4 Å². The van der Waals surface area contributed by atoms with E-state index < -0.39 is 11.6 Å². The van der Waals surface area contributed by atoms with Gasteiger partial charge >= 0.3 is 5.69 Å². The fourth-order valence-corrected chi connectivity index (χ4v) is 5.28. The minimum atomic E-state index is -0.749. The van der Waals surface area contributed by atoms with Crippen LogP contribution in [0.5, 0.6) is 5.75 Å². The van der Waals surface area contributed by atoms with Gasteiger partial charge in [0.2, 0.25) is 0 Å². The summed E-state index contributed by atoms with van der Waals surface area (Å²) >= 11 is 0. The summed E-state index contributed by atoms with van der Waals surface area (Å²) in [6.45, 7) is 4.89. The second-order valence-electron chi connectivity index (χ2n) is 9.64. The minimum Gasteiger partial charge on any atom is -0.491 e.